The van der Waals surface area contributed by atoms with Crippen molar-refractivity contribution in [2.24, 2.45) is 11.8 Å². The van der Waals surface area contributed by atoms with Crippen LogP contribution >= 0.6 is 11.6 Å². The van der Waals surface area contributed by atoms with Crippen molar-refractivity contribution in [3.8, 4) is 0 Å². The quantitative estimate of drug-likeness (QED) is 0.501. The van der Waals surface area contributed by atoms with E-state index in [1.807, 2.05) is 0 Å². The minimum absolute atomic E-state index is 0.207. The third-order valence-corrected chi connectivity index (χ3v) is 2.88. The van der Waals surface area contributed by atoms with Gasteiger partial charge in [-0.05, 0) is 12.3 Å². The summed E-state index contributed by atoms with van der Waals surface area (Å²) in [7, 11) is 0. The van der Waals surface area contributed by atoms with Crippen LogP contribution in [0.25, 0.3) is 0 Å². The van der Waals surface area contributed by atoms with Gasteiger partial charge in [-0.25, -0.2) is 0 Å². The highest BCUT2D eigenvalue weighted by molar-refractivity contribution is 6.31. The molecule has 0 bridgehead atoms. The van der Waals surface area contributed by atoms with E-state index >= 15 is 0 Å². The average Bonchev–Trinajstić information content (AvgIpc) is 2.74. The fourth-order valence-electron chi connectivity index (χ4n) is 1.61. The predicted molar refractivity (Wildman–Crippen MR) is 43.5 cm³/mol. The van der Waals surface area contributed by atoms with Crippen molar-refractivity contribution in [1.29, 1.82) is 0 Å². The van der Waals surface area contributed by atoms with Crippen LogP contribution in [0.4, 0.5) is 0 Å². The average molecular weight is 174 g/mol. The van der Waals surface area contributed by atoms with Crippen molar-refractivity contribution in [2.75, 3.05) is 6.54 Å². The van der Waals surface area contributed by atoms with E-state index < -0.39 is 5.50 Å². The first-order valence-electron chi connectivity index (χ1n) is 4.18. The van der Waals surface area contributed by atoms with Gasteiger partial charge in [-0.3, -0.25) is 10.1 Å². The largest absolute Gasteiger partial charge is 0.296 e. The van der Waals surface area contributed by atoms with Crippen molar-refractivity contribution >= 4 is 17.4 Å². The Morgan fingerprint density at radius 1 is 1.55 bits per heavy atom. The molecule has 2 aliphatic rings. The van der Waals surface area contributed by atoms with Crippen molar-refractivity contribution in [2.45, 2.75) is 24.8 Å². The van der Waals surface area contributed by atoms with Crippen LogP contribution in [-0.4, -0.2) is 17.8 Å². The van der Waals surface area contributed by atoms with E-state index in [1.165, 1.54) is 12.8 Å². The molecule has 0 amide bonds. The monoisotopic (exact) mass is 173 g/mol. The maximum atomic E-state index is 11.3. The molecule has 0 aromatic rings. The Labute approximate surface area is 71.3 Å². The summed E-state index contributed by atoms with van der Waals surface area (Å²) in [6, 6.07) is 0. The Morgan fingerprint density at radius 3 is 2.73 bits per heavy atom. The molecular weight excluding hydrogens is 162 g/mol. The molecule has 62 valence electrons. The van der Waals surface area contributed by atoms with Gasteiger partial charge < -0.3 is 0 Å². The van der Waals surface area contributed by atoms with Crippen LogP contribution in [0.5, 0.6) is 0 Å². The number of hydrogen-bond acceptors (Lipinski definition) is 2. The second-order valence-electron chi connectivity index (χ2n) is 3.55. The highest BCUT2D eigenvalue weighted by Crippen LogP contribution is 2.36. The number of carbonyl (C=O) groups excluding carboxylic acids is 1. The van der Waals surface area contributed by atoms with Crippen LogP contribution in [0.1, 0.15) is 19.3 Å². The van der Waals surface area contributed by atoms with Crippen LogP contribution < -0.4 is 5.32 Å². The van der Waals surface area contributed by atoms with E-state index in [9.17, 15) is 4.79 Å². The van der Waals surface area contributed by atoms with Crippen molar-refractivity contribution < 1.29 is 4.79 Å². The standard InChI is InChI=1S/C8H12ClNO/c9-8-7(11)6(4-10-8)3-5-1-2-5/h5-6,8,10H,1-4H2. The molecule has 2 fully saturated rings. The zero-order valence-corrected chi connectivity index (χ0v) is 7.10. The highest BCUT2D eigenvalue weighted by atomic mass is 35.5. The zero-order valence-electron chi connectivity index (χ0n) is 6.35. The van der Waals surface area contributed by atoms with E-state index in [1.54, 1.807) is 0 Å². The topological polar surface area (TPSA) is 29.1 Å². The molecule has 0 aromatic carbocycles. The molecule has 2 rings (SSSR count). The van der Waals surface area contributed by atoms with Gasteiger partial charge in [0.15, 0.2) is 5.78 Å². The third-order valence-electron chi connectivity index (χ3n) is 2.51. The van der Waals surface area contributed by atoms with Gasteiger partial charge in [0.2, 0.25) is 0 Å². The summed E-state index contributed by atoms with van der Waals surface area (Å²) in [5.74, 6) is 1.25. The molecular formula is C8H12ClNO. The number of Topliss-reactive ketones (excluding diaryl/α,β-unsaturated/α-hetero) is 1. The maximum Gasteiger partial charge on any atom is 0.169 e. The molecule has 1 saturated heterocycles. The minimum atomic E-state index is -0.404. The second-order valence-corrected chi connectivity index (χ2v) is 3.99. The smallest absolute Gasteiger partial charge is 0.169 e. The zero-order chi connectivity index (χ0) is 7.84. The summed E-state index contributed by atoms with van der Waals surface area (Å²) in [4.78, 5) is 11.3. The van der Waals surface area contributed by atoms with Crippen LogP contribution in [0.3, 0.4) is 0 Å². The van der Waals surface area contributed by atoms with Crippen LogP contribution in [0, 0.1) is 11.8 Å². The summed E-state index contributed by atoms with van der Waals surface area (Å²) in [5, 5.41) is 2.97. The lowest BCUT2D eigenvalue weighted by Gasteiger charge is -2.03. The first kappa shape index (κ1) is 7.56. The number of nitrogens with one attached hydrogen (secondary N) is 1. The molecule has 0 radical (unpaired) electrons. The number of carbonyl (C=O) groups is 1. The lowest BCUT2D eigenvalue weighted by Crippen LogP contribution is -2.19. The number of alkyl halides is 1. The van der Waals surface area contributed by atoms with E-state index in [0.717, 1.165) is 18.9 Å². The van der Waals surface area contributed by atoms with Gasteiger partial charge in [0.1, 0.15) is 5.50 Å². The number of hydrogen-bond donors (Lipinski definition) is 1. The normalized spacial score (nSPS) is 38.1. The molecule has 11 heavy (non-hydrogen) atoms. The van der Waals surface area contributed by atoms with Crippen LogP contribution in [0.15, 0.2) is 0 Å². The molecule has 3 heteroatoms. The summed E-state index contributed by atoms with van der Waals surface area (Å²) in [6.45, 7) is 0.795. The van der Waals surface area contributed by atoms with Crippen molar-refractivity contribution in [3.63, 3.8) is 0 Å². The Morgan fingerprint density at radius 2 is 2.27 bits per heavy atom. The summed E-state index contributed by atoms with van der Waals surface area (Å²) in [5.41, 5.74) is -0.404. The van der Waals surface area contributed by atoms with Crippen molar-refractivity contribution in [1.82, 2.24) is 5.32 Å². The molecule has 1 N–H and O–H groups in total. The molecule has 2 nitrogen and oxygen atoms in total. The van der Waals surface area contributed by atoms with Gasteiger partial charge in [0.05, 0.1) is 0 Å². The van der Waals surface area contributed by atoms with E-state index in [2.05, 4.69) is 5.32 Å². The molecule has 1 aliphatic carbocycles. The summed E-state index contributed by atoms with van der Waals surface area (Å²) < 4.78 is 0. The first-order chi connectivity index (χ1) is 5.27. The molecule has 1 saturated carbocycles. The van der Waals surface area contributed by atoms with Gasteiger partial charge >= 0.3 is 0 Å². The Hall–Kier alpha value is -0.0800. The minimum Gasteiger partial charge on any atom is -0.296 e. The predicted octanol–water partition coefficient (Wildman–Crippen LogP) is 1.14. The fraction of sp³-hybridized carbons (Fsp3) is 0.875. The maximum absolute atomic E-state index is 11.3. The second kappa shape index (κ2) is 2.76. The van der Waals surface area contributed by atoms with E-state index in [4.69, 9.17) is 11.6 Å². The van der Waals surface area contributed by atoms with Crippen molar-refractivity contribution in [3.05, 3.63) is 0 Å². The van der Waals surface area contributed by atoms with Gasteiger partial charge in [-0.2, -0.15) is 0 Å². The van der Waals surface area contributed by atoms with E-state index in [-0.39, 0.29) is 11.7 Å². The molecule has 0 spiro atoms. The lowest BCUT2D eigenvalue weighted by molar-refractivity contribution is -0.120. The summed E-state index contributed by atoms with van der Waals surface area (Å²) in [6.07, 6.45) is 3.70. The van der Waals surface area contributed by atoms with Crippen LogP contribution in [-0.2, 0) is 4.79 Å². The van der Waals surface area contributed by atoms with Gasteiger partial charge in [-0.15, -0.1) is 0 Å². The number of halogens is 1. The number of ketones is 1. The first-order valence-corrected chi connectivity index (χ1v) is 4.62. The Balaban J connectivity index is 1.88. The Kier molecular flexibility index (Phi) is 1.90. The van der Waals surface area contributed by atoms with Gasteiger partial charge in [0.25, 0.3) is 0 Å². The van der Waals surface area contributed by atoms with Gasteiger partial charge in [0, 0.05) is 12.5 Å². The molecule has 1 heterocycles. The number of rotatable bonds is 2. The summed E-state index contributed by atoms with van der Waals surface area (Å²) >= 11 is 5.70. The highest BCUT2D eigenvalue weighted by Gasteiger charge is 2.36. The molecule has 0 aromatic heterocycles. The van der Waals surface area contributed by atoms with Gasteiger partial charge in [-0.1, -0.05) is 24.4 Å². The SMILES string of the molecule is O=C1C(CC2CC2)CNC1Cl. The lowest BCUT2D eigenvalue weighted by atomic mass is 10.0. The van der Waals surface area contributed by atoms with Crippen LogP contribution in [0.2, 0.25) is 0 Å². The molecule has 2 atom stereocenters. The molecule has 2 unspecified atom stereocenters. The van der Waals surface area contributed by atoms with E-state index in [0.29, 0.717) is 0 Å². The third kappa shape index (κ3) is 1.57. The molecule has 1 aliphatic heterocycles. The fourth-order valence-corrected chi connectivity index (χ4v) is 1.88. The Bertz CT molecular complexity index is 179.